The molecule has 0 spiro atoms. The lowest BCUT2D eigenvalue weighted by atomic mass is 9.82. The second kappa shape index (κ2) is 8.24. The average molecular weight is 428 g/mol. The number of fused-ring (bicyclic) bond motifs is 1. The molecule has 1 N–H and O–H groups in total. The van der Waals surface area contributed by atoms with Gasteiger partial charge in [0.15, 0.2) is 0 Å². The Labute approximate surface area is 179 Å². The number of hydrogen-bond acceptors (Lipinski definition) is 4. The first-order valence-electron chi connectivity index (χ1n) is 10.5. The lowest BCUT2D eigenvalue weighted by Gasteiger charge is -2.24. The van der Waals surface area contributed by atoms with E-state index in [0.29, 0.717) is 17.4 Å². The molecule has 3 heterocycles. The Hall–Kier alpha value is -3.03. The molecule has 1 aliphatic carbocycles. The van der Waals surface area contributed by atoms with Gasteiger partial charge < -0.3 is 14.5 Å². The predicted octanol–water partition coefficient (Wildman–Crippen LogP) is 5.40. The Morgan fingerprint density at radius 1 is 1.19 bits per heavy atom. The molecule has 3 aromatic rings. The molecule has 1 saturated carbocycles. The van der Waals surface area contributed by atoms with Gasteiger partial charge in [-0.05, 0) is 30.9 Å². The van der Waals surface area contributed by atoms with Crippen molar-refractivity contribution in [2.75, 3.05) is 12.4 Å². The highest BCUT2D eigenvalue weighted by atomic mass is 19.3. The minimum absolute atomic E-state index is 0.0937. The SMILES string of the molecule is COc1cc2nc(C3CCC(C)CC3)cn2cc1NC(=O)c1cccc(C(C)(F)F)n1. The number of nitrogens with one attached hydrogen (secondary N) is 1. The number of aromatic nitrogens is 3. The Kier molecular flexibility index (Phi) is 5.64. The van der Waals surface area contributed by atoms with Crippen LogP contribution in [0.4, 0.5) is 14.5 Å². The molecule has 4 rings (SSSR count). The number of nitrogens with zero attached hydrogens (tertiary/aromatic N) is 3. The third-order valence-corrected chi connectivity index (χ3v) is 5.91. The molecule has 164 valence electrons. The predicted molar refractivity (Wildman–Crippen MR) is 114 cm³/mol. The zero-order valence-corrected chi connectivity index (χ0v) is 17.9. The fraction of sp³-hybridized carbons (Fsp3) is 0.435. The van der Waals surface area contributed by atoms with E-state index in [1.807, 2.05) is 10.6 Å². The third-order valence-electron chi connectivity index (χ3n) is 5.91. The van der Waals surface area contributed by atoms with Crippen LogP contribution in [0.5, 0.6) is 5.75 Å². The molecule has 1 amide bonds. The molecule has 3 aromatic heterocycles. The van der Waals surface area contributed by atoms with E-state index in [1.54, 1.807) is 12.3 Å². The number of rotatable bonds is 5. The van der Waals surface area contributed by atoms with Gasteiger partial charge in [0.2, 0.25) is 0 Å². The molecule has 0 unspecified atom stereocenters. The fourth-order valence-electron chi connectivity index (χ4n) is 4.04. The molecule has 0 bridgehead atoms. The van der Waals surface area contributed by atoms with Gasteiger partial charge in [0, 0.05) is 31.3 Å². The maximum Gasteiger partial charge on any atom is 0.287 e. The number of carbonyl (C=O) groups excluding carboxylic acids is 1. The highest BCUT2D eigenvalue weighted by Crippen LogP contribution is 2.36. The van der Waals surface area contributed by atoms with Crippen LogP contribution >= 0.6 is 0 Å². The summed E-state index contributed by atoms with van der Waals surface area (Å²) < 4.78 is 34.4. The van der Waals surface area contributed by atoms with Crippen LogP contribution in [0.25, 0.3) is 5.65 Å². The topological polar surface area (TPSA) is 68.5 Å². The number of pyridine rings is 2. The first-order valence-corrected chi connectivity index (χ1v) is 10.5. The molecule has 0 aliphatic heterocycles. The van der Waals surface area contributed by atoms with Crippen LogP contribution in [0.15, 0.2) is 36.7 Å². The van der Waals surface area contributed by atoms with Gasteiger partial charge in [-0.2, -0.15) is 8.78 Å². The summed E-state index contributed by atoms with van der Waals surface area (Å²) in [4.78, 5) is 21.3. The van der Waals surface area contributed by atoms with Crippen LogP contribution in [-0.2, 0) is 5.92 Å². The standard InChI is InChI=1S/C23H26F2N4O2/c1-14-7-9-15(10-8-14)17-12-29-13-18(19(31-3)11-21(29)27-17)28-22(30)16-5-4-6-20(26-16)23(2,24)25/h4-6,11-15H,7-10H2,1-3H3,(H,28,30). The van der Waals surface area contributed by atoms with E-state index in [-0.39, 0.29) is 5.69 Å². The average Bonchev–Trinajstić information content (AvgIpc) is 3.16. The molecule has 0 atom stereocenters. The molecular weight excluding hydrogens is 402 g/mol. The largest absolute Gasteiger partial charge is 0.494 e. The zero-order chi connectivity index (χ0) is 22.2. The summed E-state index contributed by atoms with van der Waals surface area (Å²) in [6, 6.07) is 5.74. The van der Waals surface area contributed by atoms with Crippen molar-refractivity contribution < 1.29 is 18.3 Å². The summed E-state index contributed by atoms with van der Waals surface area (Å²) in [7, 11) is 1.50. The summed E-state index contributed by atoms with van der Waals surface area (Å²) in [6.45, 7) is 3.03. The van der Waals surface area contributed by atoms with Gasteiger partial charge >= 0.3 is 0 Å². The lowest BCUT2D eigenvalue weighted by molar-refractivity contribution is 0.0126. The molecule has 0 radical (unpaired) electrons. The van der Waals surface area contributed by atoms with E-state index in [1.165, 1.54) is 38.2 Å². The molecule has 8 heteroatoms. The number of imidazole rings is 1. The minimum Gasteiger partial charge on any atom is -0.494 e. The highest BCUT2D eigenvalue weighted by Gasteiger charge is 2.27. The number of amides is 1. The summed E-state index contributed by atoms with van der Waals surface area (Å²) in [6.07, 6.45) is 8.36. The van der Waals surface area contributed by atoms with Crippen LogP contribution in [0.3, 0.4) is 0 Å². The first kappa shape index (κ1) is 21.2. The number of halogens is 2. The Morgan fingerprint density at radius 2 is 1.94 bits per heavy atom. The van der Waals surface area contributed by atoms with Crippen LogP contribution in [0.1, 0.15) is 67.3 Å². The van der Waals surface area contributed by atoms with E-state index in [2.05, 4.69) is 17.2 Å². The maximum absolute atomic E-state index is 13.6. The first-order chi connectivity index (χ1) is 14.7. The van der Waals surface area contributed by atoms with Crippen molar-refractivity contribution in [2.45, 2.75) is 51.4 Å². The molecule has 1 fully saturated rings. The lowest BCUT2D eigenvalue weighted by Crippen LogP contribution is -2.18. The van der Waals surface area contributed by atoms with Crippen molar-refractivity contribution >= 4 is 17.2 Å². The molecular formula is C23H26F2N4O2. The number of anilines is 1. The monoisotopic (exact) mass is 428 g/mol. The molecule has 0 saturated heterocycles. The molecule has 31 heavy (non-hydrogen) atoms. The maximum atomic E-state index is 13.6. The number of carbonyl (C=O) groups is 1. The van der Waals surface area contributed by atoms with Gasteiger partial charge in [0.05, 0.1) is 12.8 Å². The molecule has 6 nitrogen and oxygen atoms in total. The van der Waals surface area contributed by atoms with Gasteiger partial charge in [0.1, 0.15) is 28.5 Å². The van der Waals surface area contributed by atoms with Crippen molar-refractivity contribution in [1.82, 2.24) is 14.4 Å². The summed E-state index contributed by atoms with van der Waals surface area (Å²) in [5.41, 5.74) is 1.63. The van der Waals surface area contributed by atoms with Crippen molar-refractivity contribution in [1.29, 1.82) is 0 Å². The third kappa shape index (κ3) is 4.52. The second-order valence-corrected chi connectivity index (χ2v) is 8.39. The summed E-state index contributed by atoms with van der Waals surface area (Å²) in [5, 5.41) is 2.72. The Morgan fingerprint density at radius 3 is 2.61 bits per heavy atom. The van der Waals surface area contributed by atoms with Crippen LogP contribution in [-0.4, -0.2) is 27.4 Å². The molecule has 1 aliphatic rings. The van der Waals surface area contributed by atoms with Gasteiger partial charge in [-0.1, -0.05) is 25.8 Å². The van der Waals surface area contributed by atoms with E-state index >= 15 is 0 Å². The minimum atomic E-state index is -3.13. The quantitative estimate of drug-likeness (QED) is 0.591. The zero-order valence-electron chi connectivity index (χ0n) is 17.9. The number of ether oxygens (including phenoxy) is 1. The molecule has 0 aromatic carbocycles. The van der Waals surface area contributed by atoms with Gasteiger partial charge in [0.25, 0.3) is 11.8 Å². The van der Waals surface area contributed by atoms with E-state index in [0.717, 1.165) is 37.0 Å². The van der Waals surface area contributed by atoms with E-state index < -0.39 is 17.5 Å². The second-order valence-electron chi connectivity index (χ2n) is 8.39. The van der Waals surface area contributed by atoms with Crippen LogP contribution < -0.4 is 10.1 Å². The van der Waals surface area contributed by atoms with Crippen molar-refractivity contribution in [3.8, 4) is 5.75 Å². The smallest absolute Gasteiger partial charge is 0.287 e. The summed E-state index contributed by atoms with van der Waals surface area (Å²) in [5.74, 6) is -2.09. The van der Waals surface area contributed by atoms with Gasteiger partial charge in [-0.15, -0.1) is 0 Å². The van der Waals surface area contributed by atoms with Crippen LogP contribution in [0, 0.1) is 5.92 Å². The Bertz CT molecular complexity index is 1100. The highest BCUT2D eigenvalue weighted by molar-refractivity contribution is 6.03. The van der Waals surface area contributed by atoms with Crippen LogP contribution in [0.2, 0.25) is 0 Å². The van der Waals surface area contributed by atoms with Crippen molar-refractivity contribution in [3.63, 3.8) is 0 Å². The van der Waals surface area contributed by atoms with Gasteiger partial charge in [-0.3, -0.25) is 4.79 Å². The fourth-order valence-corrected chi connectivity index (χ4v) is 4.04. The van der Waals surface area contributed by atoms with Crippen molar-refractivity contribution in [2.24, 2.45) is 5.92 Å². The van der Waals surface area contributed by atoms with E-state index in [9.17, 15) is 13.6 Å². The number of hydrogen-bond donors (Lipinski definition) is 1. The number of alkyl halides is 2. The van der Waals surface area contributed by atoms with E-state index in [4.69, 9.17) is 9.72 Å². The normalized spacial score (nSPS) is 19.4. The number of methoxy groups -OCH3 is 1. The Balaban J connectivity index is 1.60. The van der Waals surface area contributed by atoms with Gasteiger partial charge in [-0.25, -0.2) is 9.97 Å². The summed E-state index contributed by atoms with van der Waals surface area (Å²) >= 11 is 0. The van der Waals surface area contributed by atoms with Crippen molar-refractivity contribution in [3.05, 3.63) is 53.7 Å².